The average Bonchev–Trinajstić information content (AvgIpc) is 3.26. The van der Waals surface area contributed by atoms with Crippen molar-refractivity contribution in [2.45, 2.75) is 6.54 Å². The lowest BCUT2D eigenvalue weighted by atomic mass is 10.1. The maximum Gasteiger partial charge on any atom is 0.264 e. The van der Waals surface area contributed by atoms with Crippen LogP contribution in [0.2, 0.25) is 0 Å². The van der Waals surface area contributed by atoms with E-state index in [1.807, 2.05) is 0 Å². The molecule has 1 aromatic carbocycles. The molecule has 144 valence electrons. The molecular formula is C20H15N5O4. The van der Waals surface area contributed by atoms with Crippen LogP contribution in [0.3, 0.4) is 0 Å². The molecule has 9 nitrogen and oxygen atoms in total. The highest BCUT2D eigenvalue weighted by Crippen LogP contribution is 2.18. The standard InChI is InChI=1S/C20H15N5O4/c26-18-8-7-15(23-24-18)13-3-5-14(6-4-13)22-19(27)11-25-12-21-16(10-20(25)28)17-2-1-9-29-17/h1-10,12H,11H2,(H,22,27)(H,24,26). The monoisotopic (exact) mass is 389 g/mol. The number of carbonyl (C=O) groups excluding carboxylic acids is 1. The molecule has 0 aliphatic carbocycles. The fourth-order valence-corrected chi connectivity index (χ4v) is 2.69. The Morgan fingerprint density at radius 2 is 1.90 bits per heavy atom. The van der Waals surface area contributed by atoms with Gasteiger partial charge in [-0.25, -0.2) is 10.1 Å². The highest BCUT2D eigenvalue weighted by atomic mass is 16.3. The second-order valence-corrected chi connectivity index (χ2v) is 6.15. The number of carbonyl (C=O) groups is 1. The van der Waals surface area contributed by atoms with Crippen LogP contribution in [-0.2, 0) is 11.3 Å². The number of amides is 1. The van der Waals surface area contributed by atoms with Crippen molar-refractivity contribution in [2.24, 2.45) is 0 Å². The van der Waals surface area contributed by atoms with Crippen LogP contribution in [-0.4, -0.2) is 25.7 Å². The molecule has 0 spiro atoms. The summed E-state index contributed by atoms with van der Waals surface area (Å²) in [6, 6.07) is 14.7. The molecule has 3 aromatic heterocycles. The van der Waals surface area contributed by atoms with Crippen LogP contribution >= 0.6 is 0 Å². The Kier molecular flexibility index (Phi) is 4.85. The predicted molar refractivity (Wildman–Crippen MR) is 105 cm³/mol. The second-order valence-electron chi connectivity index (χ2n) is 6.15. The van der Waals surface area contributed by atoms with Gasteiger partial charge in [0, 0.05) is 23.4 Å². The Morgan fingerprint density at radius 1 is 1.07 bits per heavy atom. The Bertz CT molecular complexity index is 1240. The molecule has 3 heterocycles. The van der Waals surface area contributed by atoms with Gasteiger partial charge in [0.15, 0.2) is 5.76 Å². The number of furan rings is 1. The maximum atomic E-state index is 12.3. The molecule has 0 bridgehead atoms. The number of H-pyrrole nitrogens is 1. The third-order valence-corrected chi connectivity index (χ3v) is 4.11. The summed E-state index contributed by atoms with van der Waals surface area (Å²) in [7, 11) is 0. The minimum absolute atomic E-state index is 0.173. The van der Waals surface area contributed by atoms with Crippen LogP contribution in [0.25, 0.3) is 22.7 Å². The largest absolute Gasteiger partial charge is 0.463 e. The SMILES string of the molecule is O=C(Cn1cnc(-c2ccco2)cc1=O)Nc1ccc(-c2ccc(=O)[nH]n2)cc1. The Labute approximate surface area is 163 Å². The quantitative estimate of drug-likeness (QED) is 0.537. The van der Waals surface area contributed by atoms with Gasteiger partial charge in [0.1, 0.15) is 12.2 Å². The molecule has 0 saturated carbocycles. The van der Waals surface area contributed by atoms with E-state index >= 15 is 0 Å². The van der Waals surface area contributed by atoms with Crippen molar-refractivity contribution in [1.82, 2.24) is 19.7 Å². The number of rotatable bonds is 5. The van der Waals surface area contributed by atoms with E-state index in [-0.39, 0.29) is 23.6 Å². The first-order chi connectivity index (χ1) is 14.1. The van der Waals surface area contributed by atoms with Gasteiger partial charge in [0.2, 0.25) is 5.91 Å². The van der Waals surface area contributed by atoms with Crippen molar-refractivity contribution < 1.29 is 9.21 Å². The van der Waals surface area contributed by atoms with Crippen LogP contribution in [0, 0.1) is 0 Å². The molecule has 2 N–H and O–H groups in total. The summed E-state index contributed by atoms with van der Waals surface area (Å²) in [5, 5.41) is 9.05. The van der Waals surface area contributed by atoms with E-state index < -0.39 is 0 Å². The van der Waals surface area contributed by atoms with Gasteiger partial charge < -0.3 is 9.73 Å². The van der Waals surface area contributed by atoms with Gasteiger partial charge in [-0.1, -0.05) is 12.1 Å². The van der Waals surface area contributed by atoms with E-state index in [1.165, 1.54) is 29.3 Å². The van der Waals surface area contributed by atoms with Gasteiger partial charge in [-0.2, -0.15) is 5.10 Å². The van der Waals surface area contributed by atoms with E-state index in [1.54, 1.807) is 42.5 Å². The summed E-state index contributed by atoms with van der Waals surface area (Å²) in [6.45, 7) is -0.173. The number of hydrogen-bond donors (Lipinski definition) is 2. The van der Waals surface area contributed by atoms with Gasteiger partial charge in [-0.15, -0.1) is 0 Å². The lowest BCUT2D eigenvalue weighted by Gasteiger charge is -2.08. The summed E-state index contributed by atoms with van der Waals surface area (Å²) >= 11 is 0. The number of anilines is 1. The van der Waals surface area contributed by atoms with Crippen molar-refractivity contribution in [2.75, 3.05) is 5.32 Å². The third kappa shape index (κ3) is 4.19. The van der Waals surface area contributed by atoms with Gasteiger partial charge in [-0.05, 0) is 30.3 Å². The van der Waals surface area contributed by atoms with Crippen LogP contribution in [0.4, 0.5) is 5.69 Å². The number of hydrogen-bond acceptors (Lipinski definition) is 6. The fraction of sp³-hybridized carbons (Fsp3) is 0.0500. The van der Waals surface area contributed by atoms with Crippen molar-refractivity contribution >= 4 is 11.6 Å². The van der Waals surface area contributed by atoms with Crippen LogP contribution < -0.4 is 16.4 Å². The minimum Gasteiger partial charge on any atom is -0.463 e. The molecule has 0 unspecified atom stereocenters. The Hall–Kier alpha value is -4.27. The molecule has 0 radical (unpaired) electrons. The summed E-state index contributed by atoms with van der Waals surface area (Å²) in [6.07, 6.45) is 2.80. The summed E-state index contributed by atoms with van der Waals surface area (Å²) in [5.41, 5.74) is 1.73. The zero-order valence-corrected chi connectivity index (χ0v) is 15.0. The molecule has 9 heteroatoms. The molecule has 0 saturated heterocycles. The van der Waals surface area contributed by atoms with Crippen molar-refractivity contribution in [3.05, 3.63) is 87.9 Å². The maximum absolute atomic E-state index is 12.3. The van der Waals surface area contributed by atoms with Gasteiger partial charge in [-0.3, -0.25) is 19.0 Å². The number of aromatic nitrogens is 4. The topological polar surface area (TPSA) is 123 Å². The summed E-state index contributed by atoms with van der Waals surface area (Å²) < 4.78 is 6.42. The molecule has 0 aliphatic heterocycles. The van der Waals surface area contributed by atoms with Gasteiger partial charge in [0.25, 0.3) is 11.1 Å². The first-order valence-electron chi connectivity index (χ1n) is 8.65. The molecule has 0 aliphatic rings. The van der Waals surface area contributed by atoms with Crippen LogP contribution in [0.15, 0.2) is 81.2 Å². The molecule has 4 aromatic rings. The predicted octanol–water partition coefficient (Wildman–Crippen LogP) is 1.89. The number of nitrogens with zero attached hydrogens (tertiary/aromatic N) is 3. The summed E-state index contributed by atoms with van der Waals surface area (Å²) in [4.78, 5) is 39.7. The average molecular weight is 389 g/mol. The van der Waals surface area contributed by atoms with Gasteiger partial charge >= 0.3 is 0 Å². The highest BCUT2D eigenvalue weighted by molar-refractivity contribution is 5.90. The van der Waals surface area contributed by atoms with E-state index in [9.17, 15) is 14.4 Å². The van der Waals surface area contributed by atoms with E-state index in [4.69, 9.17) is 4.42 Å². The fourth-order valence-electron chi connectivity index (χ4n) is 2.69. The molecule has 1 amide bonds. The second kappa shape index (κ2) is 7.77. The van der Waals surface area contributed by atoms with Crippen molar-refractivity contribution in [1.29, 1.82) is 0 Å². The minimum atomic E-state index is -0.366. The summed E-state index contributed by atoms with van der Waals surface area (Å²) in [5.74, 6) is 0.116. The highest BCUT2D eigenvalue weighted by Gasteiger charge is 2.09. The first-order valence-corrected chi connectivity index (χ1v) is 8.65. The number of nitrogens with one attached hydrogen (secondary N) is 2. The van der Waals surface area contributed by atoms with E-state index in [0.29, 0.717) is 22.8 Å². The normalized spacial score (nSPS) is 10.6. The smallest absolute Gasteiger partial charge is 0.264 e. The third-order valence-electron chi connectivity index (χ3n) is 4.11. The lowest BCUT2D eigenvalue weighted by Crippen LogP contribution is -2.27. The molecule has 0 atom stereocenters. The van der Waals surface area contributed by atoms with Crippen LogP contribution in [0.5, 0.6) is 0 Å². The molecule has 0 fully saturated rings. The Balaban J connectivity index is 1.42. The van der Waals surface area contributed by atoms with Crippen molar-refractivity contribution in [3.63, 3.8) is 0 Å². The van der Waals surface area contributed by atoms with Gasteiger partial charge in [0.05, 0.1) is 18.3 Å². The first kappa shape index (κ1) is 18.1. The zero-order chi connectivity index (χ0) is 20.2. The lowest BCUT2D eigenvalue weighted by molar-refractivity contribution is -0.116. The number of benzene rings is 1. The van der Waals surface area contributed by atoms with E-state index in [0.717, 1.165) is 5.56 Å². The molecule has 29 heavy (non-hydrogen) atoms. The van der Waals surface area contributed by atoms with Crippen molar-refractivity contribution in [3.8, 4) is 22.7 Å². The van der Waals surface area contributed by atoms with E-state index in [2.05, 4.69) is 20.5 Å². The van der Waals surface area contributed by atoms with Crippen LogP contribution in [0.1, 0.15) is 0 Å². The zero-order valence-electron chi connectivity index (χ0n) is 15.0. The molecular weight excluding hydrogens is 374 g/mol. The Morgan fingerprint density at radius 3 is 2.55 bits per heavy atom. The number of aromatic amines is 1. The molecule has 4 rings (SSSR count).